The zero-order chi connectivity index (χ0) is 12.3. The van der Waals surface area contributed by atoms with Crippen molar-refractivity contribution in [3.05, 3.63) is 62.8 Å². The number of aliphatic imine (C=N–C) groups is 1. The molecule has 1 nitrogen and oxygen atoms in total. The van der Waals surface area contributed by atoms with Gasteiger partial charge in [-0.05, 0) is 40.2 Å². The molecule has 0 unspecified atom stereocenters. The third kappa shape index (κ3) is 3.23. The monoisotopic (exact) mass is 355 g/mol. The summed E-state index contributed by atoms with van der Waals surface area (Å²) in [4.78, 5) is 4.25. The summed E-state index contributed by atoms with van der Waals surface area (Å²) in [6, 6.07) is 12.2. The van der Waals surface area contributed by atoms with Gasteiger partial charge in [-0.2, -0.15) is 0 Å². The molecule has 0 saturated carbocycles. The van der Waals surface area contributed by atoms with Gasteiger partial charge < -0.3 is 0 Å². The SMILES string of the molecule is Fc1ccccc1/C=N/c1ccc(Br)cc1Br. The third-order valence-electron chi connectivity index (χ3n) is 2.16. The standard InChI is InChI=1S/C13H8Br2FN/c14-10-5-6-13(11(15)7-10)17-8-9-3-1-2-4-12(9)16/h1-8H/b17-8+. The zero-order valence-corrected chi connectivity index (χ0v) is 11.9. The van der Waals surface area contributed by atoms with Crippen LogP contribution in [0.25, 0.3) is 0 Å². The van der Waals surface area contributed by atoms with Crippen molar-refractivity contribution in [1.82, 2.24) is 0 Å². The summed E-state index contributed by atoms with van der Waals surface area (Å²) in [5, 5.41) is 0. The van der Waals surface area contributed by atoms with Gasteiger partial charge in [0.25, 0.3) is 0 Å². The molecule has 2 aromatic rings. The van der Waals surface area contributed by atoms with Gasteiger partial charge in [0.2, 0.25) is 0 Å². The number of benzene rings is 2. The van der Waals surface area contributed by atoms with E-state index >= 15 is 0 Å². The van der Waals surface area contributed by atoms with Crippen LogP contribution in [0.3, 0.4) is 0 Å². The summed E-state index contributed by atoms with van der Waals surface area (Å²) in [7, 11) is 0. The lowest BCUT2D eigenvalue weighted by Gasteiger charge is -1.99. The van der Waals surface area contributed by atoms with Gasteiger partial charge in [0.05, 0.1) is 5.69 Å². The first-order valence-electron chi connectivity index (χ1n) is 4.90. The van der Waals surface area contributed by atoms with E-state index in [0.717, 1.165) is 14.6 Å². The zero-order valence-electron chi connectivity index (χ0n) is 8.70. The van der Waals surface area contributed by atoms with E-state index in [1.54, 1.807) is 18.2 Å². The number of hydrogen-bond donors (Lipinski definition) is 0. The molecular weight excluding hydrogens is 349 g/mol. The Morgan fingerprint density at radius 1 is 1.06 bits per heavy atom. The Bertz CT molecular complexity index is 567. The van der Waals surface area contributed by atoms with Crippen molar-refractivity contribution in [3.8, 4) is 0 Å². The minimum Gasteiger partial charge on any atom is -0.255 e. The molecular formula is C13H8Br2FN. The normalized spacial score (nSPS) is 11.0. The molecule has 4 heteroatoms. The van der Waals surface area contributed by atoms with Gasteiger partial charge in [0, 0.05) is 20.7 Å². The Hall–Kier alpha value is -1.000. The average molecular weight is 357 g/mol. The number of hydrogen-bond acceptors (Lipinski definition) is 1. The third-order valence-corrected chi connectivity index (χ3v) is 3.29. The van der Waals surface area contributed by atoms with Crippen LogP contribution in [-0.2, 0) is 0 Å². The Kier molecular flexibility index (Phi) is 4.07. The molecule has 17 heavy (non-hydrogen) atoms. The van der Waals surface area contributed by atoms with Crippen molar-refractivity contribution in [2.45, 2.75) is 0 Å². The van der Waals surface area contributed by atoms with E-state index in [0.29, 0.717) is 5.56 Å². The summed E-state index contributed by atoms with van der Waals surface area (Å²) in [5.74, 6) is -0.274. The molecule has 0 fully saturated rings. The summed E-state index contributed by atoms with van der Waals surface area (Å²) >= 11 is 6.76. The maximum absolute atomic E-state index is 13.3. The molecule has 0 aliphatic heterocycles. The predicted octanol–water partition coefficient (Wildman–Crippen LogP) is 5.10. The van der Waals surface area contributed by atoms with E-state index in [1.807, 2.05) is 18.2 Å². The first-order chi connectivity index (χ1) is 8.16. The second-order valence-electron chi connectivity index (χ2n) is 3.38. The molecule has 0 radical (unpaired) electrons. The molecule has 0 bridgehead atoms. The van der Waals surface area contributed by atoms with Crippen LogP contribution < -0.4 is 0 Å². The van der Waals surface area contributed by atoms with E-state index in [1.165, 1.54) is 12.3 Å². The van der Waals surface area contributed by atoms with E-state index in [-0.39, 0.29) is 5.82 Å². The number of nitrogens with zero attached hydrogens (tertiary/aromatic N) is 1. The molecule has 0 atom stereocenters. The fourth-order valence-electron chi connectivity index (χ4n) is 1.30. The van der Waals surface area contributed by atoms with Gasteiger partial charge in [-0.3, -0.25) is 4.99 Å². The number of halogens is 3. The molecule has 0 amide bonds. The molecule has 0 N–H and O–H groups in total. The highest BCUT2D eigenvalue weighted by Gasteiger charge is 1.99. The lowest BCUT2D eigenvalue weighted by Crippen LogP contribution is -1.86. The minimum atomic E-state index is -0.274. The quantitative estimate of drug-likeness (QED) is 0.663. The van der Waals surface area contributed by atoms with Crippen molar-refractivity contribution < 1.29 is 4.39 Å². The van der Waals surface area contributed by atoms with Gasteiger partial charge in [0.15, 0.2) is 0 Å². The maximum atomic E-state index is 13.3. The Balaban J connectivity index is 2.29. The highest BCUT2D eigenvalue weighted by Crippen LogP contribution is 2.28. The molecule has 0 heterocycles. The van der Waals surface area contributed by atoms with Crippen LogP contribution in [0.4, 0.5) is 10.1 Å². The molecule has 0 aliphatic rings. The van der Waals surface area contributed by atoms with Gasteiger partial charge in [-0.15, -0.1) is 0 Å². The van der Waals surface area contributed by atoms with Gasteiger partial charge in [-0.25, -0.2) is 4.39 Å². The van der Waals surface area contributed by atoms with Gasteiger partial charge >= 0.3 is 0 Å². The van der Waals surface area contributed by atoms with Gasteiger partial charge in [-0.1, -0.05) is 34.1 Å². The fourth-order valence-corrected chi connectivity index (χ4v) is 2.45. The summed E-state index contributed by atoms with van der Waals surface area (Å²) in [5.41, 5.74) is 1.23. The second kappa shape index (κ2) is 5.56. The Morgan fingerprint density at radius 3 is 2.53 bits per heavy atom. The van der Waals surface area contributed by atoms with E-state index < -0.39 is 0 Å². The smallest absolute Gasteiger partial charge is 0.131 e. The van der Waals surface area contributed by atoms with Crippen molar-refractivity contribution in [2.24, 2.45) is 4.99 Å². The minimum absolute atomic E-state index is 0.274. The molecule has 0 saturated heterocycles. The van der Waals surface area contributed by atoms with Crippen molar-refractivity contribution in [2.75, 3.05) is 0 Å². The number of rotatable bonds is 2. The predicted molar refractivity (Wildman–Crippen MR) is 75.5 cm³/mol. The van der Waals surface area contributed by atoms with Crippen LogP contribution in [0, 0.1) is 5.82 Å². The summed E-state index contributed by atoms with van der Waals surface area (Å²) in [6.07, 6.45) is 1.52. The van der Waals surface area contributed by atoms with Crippen LogP contribution in [0.15, 0.2) is 56.4 Å². The van der Waals surface area contributed by atoms with Crippen LogP contribution in [0.2, 0.25) is 0 Å². The molecule has 0 aliphatic carbocycles. The lowest BCUT2D eigenvalue weighted by molar-refractivity contribution is 0.626. The van der Waals surface area contributed by atoms with Crippen LogP contribution in [0.5, 0.6) is 0 Å². The van der Waals surface area contributed by atoms with Crippen molar-refractivity contribution >= 4 is 43.8 Å². The van der Waals surface area contributed by atoms with Crippen LogP contribution in [-0.4, -0.2) is 6.21 Å². The molecule has 86 valence electrons. The molecule has 0 spiro atoms. The van der Waals surface area contributed by atoms with Crippen LogP contribution >= 0.6 is 31.9 Å². The molecule has 0 aromatic heterocycles. The second-order valence-corrected chi connectivity index (χ2v) is 5.15. The molecule has 2 rings (SSSR count). The maximum Gasteiger partial charge on any atom is 0.131 e. The topological polar surface area (TPSA) is 12.4 Å². The largest absolute Gasteiger partial charge is 0.255 e. The molecule has 2 aromatic carbocycles. The van der Waals surface area contributed by atoms with E-state index in [9.17, 15) is 4.39 Å². The fraction of sp³-hybridized carbons (Fsp3) is 0. The highest BCUT2D eigenvalue weighted by molar-refractivity contribution is 9.11. The van der Waals surface area contributed by atoms with Crippen molar-refractivity contribution in [1.29, 1.82) is 0 Å². The first kappa shape index (κ1) is 12.5. The lowest BCUT2D eigenvalue weighted by atomic mass is 10.2. The summed E-state index contributed by atoms with van der Waals surface area (Å²) in [6.45, 7) is 0. The summed E-state index contributed by atoms with van der Waals surface area (Å²) < 4.78 is 15.2. The van der Waals surface area contributed by atoms with Crippen molar-refractivity contribution in [3.63, 3.8) is 0 Å². The van der Waals surface area contributed by atoms with E-state index in [4.69, 9.17) is 0 Å². The van der Waals surface area contributed by atoms with E-state index in [2.05, 4.69) is 36.9 Å². The average Bonchev–Trinajstić information content (AvgIpc) is 2.30. The Labute approximate surface area is 116 Å². The van der Waals surface area contributed by atoms with Gasteiger partial charge in [0.1, 0.15) is 5.82 Å². The Morgan fingerprint density at radius 2 is 1.82 bits per heavy atom. The first-order valence-corrected chi connectivity index (χ1v) is 6.49. The van der Waals surface area contributed by atoms with Crippen LogP contribution in [0.1, 0.15) is 5.56 Å². The highest BCUT2D eigenvalue weighted by atomic mass is 79.9.